The van der Waals surface area contributed by atoms with Crippen LogP contribution in [-0.2, 0) is 18.0 Å². The van der Waals surface area contributed by atoms with E-state index in [4.69, 9.17) is 4.42 Å². The summed E-state index contributed by atoms with van der Waals surface area (Å²) in [5.74, 6) is -0.0479. The number of hydrogen-bond donors (Lipinski definition) is 1. The van der Waals surface area contributed by atoms with Crippen molar-refractivity contribution in [1.29, 1.82) is 0 Å². The number of phenolic OH excluding ortho intramolecular Hbond substituents is 1. The van der Waals surface area contributed by atoms with Gasteiger partial charge in [-0.05, 0) is 47.2 Å². The summed E-state index contributed by atoms with van der Waals surface area (Å²) in [5.41, 5.74) is -0.568. The van der Waals surface area contributed by atoms with Crippen LogP contribution in [0.3, 0.4) is 0 Å². The first-order chi connectivity index (χ1) is 15.0. The Labute approximate surface area is 185 Å². The summed E-state index contributed by atoms with van der Waals surface area (Å²) in [4.78, 5) is 12.6. The molecule has 0 aliphatic carbocycles. The fourth-order valence-corrected chi connectivity index (χ4v) is 4.05. The molecule has 2 aromatic carbocycles. The van der Waals surface area contributed by atoms with Crippen LogP contribution in [0.25, 0.3) is 11.0 Å². The van der Waals surface area contributed by atoms with Gasteiger partial charge in [-0.2, -0.15) is 13.2 Å². The van der Waals surface area contributed by atoms with Crippen molar-refractivity contribution in [2.24, 2.45) is 0 Å². The highest BCUT2D eigenvalue weighted by atomic mass is 19.4. The number of benzene rings is 2. The van der Waals surface area contributed by atoms with Crippen molar-refractivity contribution in [2.45, 2.75) is 70.9 Å². The van der Waals surface area contributed by atoms with Crippen molar-refractivity contribution >= 4 is 11.0 Å². The molecule has 0 aliphatic heterocycles. The lowest BCUT2D eigenvalue weighted by Crippen LogP contribution is -2.17. The fraction of sp³-hybridized carbons (Fsp3) is 0.423. The first kappa shape index (κ1) is 23.9. The van der Waals surface area contributed by atoms with Crippen molar-refractivity contribution in [1.82, 2.24) is 0 Å². The molecule has 6 heteroatoms. The number of alkyl halides is 3. The molecule has 0 radical (unpaired) electrons. The molecule has 172 valence electrons. The van der Waals surface area contributed by atoms with Crippen LogP contribution in [0.1, 0.15) is 75.1 Å². The number of hydrogen-bond acceptors (Lipinski definition) is 3. The molecule has 0 saturated carbocycles. The molecule has 0 amide bonds. The number of halogens is 3. The molecular formula is C26H29F3O3. The summed E-state index contributed by atoms with van der Waals surface area (Å²) < 4.78 is 45.4. The molecule has 0 bridgehead atoms. The fourth-order valence-electron chi connectivity index (χ4n) is 4.05. The highest BCUT2D eigenvalue weighted by Crippen LogP contribution is 2.36. The van der Waals surface area contributed by atoms with Crippen LogP contribution in [-0.4, -0.2) is 5.11 Å². The molecule has 1 N–H and O–H groups in total. The van der Waals surface area contributed by atoms with Crippen molar-refractivity contribution in [2.75, 3.05) is 0 Å². The van der Waals surface area contributed by atoms with Crippen LogP contribution in [0.2, 0.25) is 0 Å². The second kappa shape index (κ2) is 9.39. The minimum absolute atomic E-state index is 0.0176. The molecule has 0 atom stereocenters. The number of fused-ring (bicyclic) bond motifs is 1. The minimum Gasteiger partial charge on any atom is -0.507 e. The molecule has 0 fully saturated rings. The third-order valence-corrected chi connectivity index (χ3v) is 6.04. The standard InChI is InChI=1S/C26H29F3O3/c1-4-5-6-9-12-25(2,3)19-15-22(30)20-14-18(24(31)32-23(20)16-19)13-17-10-7-8-11-21(17)26(27,28)29/h7-8,10-11,14-16,30H,4-6,9,12-13H2,1-3H3. The maximum Gasteiger partial charge on any atom is 0.416 e. The molecule has 0 unspecified atom stereocenters. The summed E-state index contributed by atoms with van der Waals surface area (Å²) >= 11 is 0. The first-order valence-electron chi connectivity index (χ1n) is 11.0. The quantitative estimate of drug-likeness (QED) is 0.291. The zero-order valence-electron chi connectivity index (χ0n) is 18.7. The Bertz CT molecular complexity index is 1140. The molecule has 3 nitrogen and oxygen atoms in total. The second-order valence-corrected chi connectivity index (χ2v) is 8.99. The van der Waals surface area contributed by atoms with Crippen LogP contribution in [0.5, 0.6) is 5.75 Å². The summed E-state index contributed by atoms with van der Waals surface area (Å²) in [7, 11) is 0. The number of rotatable bonds is 8. The van der Waals surface area contributed by atoms with E-state index in [9.17, 15) is 23.1 Å². The van der Waals surface area contributed by atoms with E-state index in [0.717, 1.165) is 37.3 Å². The first-order valence-corrected chi connectivity index (χ1v) is 11.0. The zero-order chi connectivity index (χ0) is 23.5. The van der Waals surface area contributed by atoms with E-state index >= 15 is 0 Å². The lowest BCUT2D eigenvalue weighted by atomic mass is 9.79. The van der Waals surface area contributed by atoms with Gasteiger partial charge in [-0.1, -0.05) is 64.7 Å². The van der Waals surface area contributed by atoms with E-state index in [2.05, 4.69) is 20.8 Å². The molecule has 1 aromatic heterocycles. The Kier molecular flexibility index (Phi) is 7.01. The molecule has 3 rings (SSSR count). The molecule has 0 spiro atoms. The van der Waals surface area contributed by atoms with Crippen molar-refractivity contribution < 1.29 is 22.7 Å². The van der Waals surface area contributed by atoms with E-state index in [1.807, 2.05) is 0 Å². The van der Waals surface area contributed by atoms with E-state index < -0.39 is 17.4 Å². The van der Waals surface area contributed by atoms with Crippen LogP contribution in [0.15, 0.2) is 51.7 Å². The van der Waals surface area contributed by atoms with Gasteiger partial charge in [0.25, 0.3) is 0 Å². The van der Waals surface area contributed by atoms with Gasteiger partial charge in [-0.3, -0.25) is 0 Å². The van der Waals surface area contributed by atoms with Gasteiger partial charge in [0, 0.05) is 12.0 Å². The lowest BCUT2D eigenvalue weighted by molar-refractivity contribution is -0.138. The van der Waals surface area contributed by atoms with Gasteiger partial charge >= 0.3 is 11.8 Å². The molecule has 3 aromatic rings. The van der Waals surface area contributed by atoms with Crippen molar-refractivity contribution in [3.8, 4) is 5.75 Å². The van der Waals surface area contributed by atoms with Crippen LogP contribution in [0, 0.1) is 0 Å². The Morgan fingerprint density at radius 2 is 1.69 bits per heavy atom. The van der Waals surface area contributed by atoms with E-state index in [0.29, 0.717) is 5.39 Å². The minimum atomic E-state index is -4.52. The molecule has 1 heterocycles. The van der Waals surface area contributed by atoms with Gasteiger partial charge < -0.3 is 9.52 Å². The van der Waals surface area contributed by atoms with Crippen LogP contribution in [0.4, 0.5) is 13.2 Å². The average Bonchev–Trinajstić information content (AvgIpc) is 2.72. The van der Waals surface area contributed by atoms with Crippen LogP contribution >= 0.6 is 0 Å². The SMILES string of the molecule is CCCCCCC(C)(C)c1cc(O)c2cc(Cc3ccccc3C(F)(F)F)c(=O)oc2c1. The third-order valence-electron chi connectivity index (χ3n) is 6.04. The Morgan fingerprint density at radius 1 is 0.969 bits per heavy atom. The number of phenols is 1. The molecule has 0 saturated heterocycles. The van der Waals surface area contributed by atoms with E-state index in [1.54, 1.807) is 12.1 Å². The van der Waals surface area contributed by atoms with Gasteiger partial charge in [-0.25, -0.2) is 4.79 Å². The normalized spacial score (nSPS) is 12.4. The zero-order valence-corrected chi connectivity index (χ0v) is 18.7. The molecule has 0 aliphatic rings. The Morgan fingerprint density at radius 3 is 2.38 bits per heavy atom. The van der Waals surface area contributed by atoms with Gasteiger partial charge in [0.1, 0.15) is 11.3 Å². The largest absolute Gasteiger partial charge is 0.507 e. The molecule has 32 heavy (non-hydrogen) atoms. The van der Waals surface area contributed by atoms with Crippen molar-refractivity contribution in [3.05, 3.63) is 75.1 Å². The Balaban J connectivity index is 1.96. The summed E-state index contributed by atoms with van der Waals surface area (Å²) in [6, 6.07) is 9.99. The monoisotopic (exact) mass is 446 g/mol. The maximum absolute atomic E-state index is 13.3. The summed E-state index contributed by atoms with van der Waals surface area (Å²) in [5, 5.41) is 11.0. The molecular weight excluding hydrogens is 417 g/mol. The number of unbranched alkanes of at least 4 members (excludes halogenated alkanes) is 3. The predicted octanol–water partition coefficient (Wildman–Crippen LogP) is 7.36. The van der Waals surface area contributed by atoms with Gasteiger partial charge in [0.2, 0.25) is 0 Å². The van der Waals surface area contributed by atoms with Gasteiger partial charge in [0.15, 0.2) is 0 Å². The lowest BCUT2D eigenvalue weighted by Gasteiger charge is -2.26. The highest BCUT2D eigenvalue weighted by Gasteiger charge is 2.33. The van der Waals surface area contributed by atoms with Crippen LogP contribution < -0.4 is 5.63 Å². The topological polar surface area (TPSA) is 50.4 Å². The van der Waals surface area contributed by atoms with Crippen molar-refractivity contribution in [3.63, 3.8) is 0 Å². The maximum atomic E-state index is 13.3. The Hall–Kier alpha value is -2.76. The summed E-state index contributed by atoms with van der Waals surface area (Å²) in [6.45, 7) is 6.32. The number of aromatic hydroxyl groups is 1. The van der Waals surface area contributed by atoms with Gasteiger partial charge in [0.05, 0.1) is 10.9 Å². The van der Waals surface area contributed by atoms with E-state index in [1.165, 1.54) is 30.7 Å². The summed E-state index contributed by atoms with van der Waals surface area (Å²) in [6.07, 6.45) is 0.685. The van der Waals surface area contributed by atoms with Gasteiger partial charge in [-0.15, -0.1) is 0 Å². The highest BCUT2D eigenvalue weighted by molar-refractivity contribution is 5.84. The average molecular weight is 447 g/mol. The smallest absolute Gasteiger partial charge is 0.416 e. The van der Waals surface area contributed by atoms with E-state index in [-0.39, 0.29) is 34.3 Å². The predicted molar refractivity (Wildman–Crippen MR) is 120 cm³/mol. The third kappa shape index (κ3) is 5.34. The second-order valence-electron chi connectivity index (χ2n) is 8.99.